The van der Waals surface area contributed by atoms with Crippen molar-refractivity contribution in [3.63, 3.8) is 0 Å². The Morgan fingerprint density at radius 1 is 1.21 bits per heavy atom. The van der Waals surface area contributed by atoms with E-state index in [2.05, 4.69) is 40.7 Å². The van der Waals surface area contributed by atoms with Gasteiger partial charge in [0.15, 0.2) is 0 Å². The summed E-state index contributed by atoms with van der Waals surface area (Å²) in [4.78, 5) is 13.2. The molecule has 2 bridgehead atoms. The number of carbonyl (C=O) groups excluding carboxylic acids is 1. The largest absolute Gasteiger partial charge is 0.507 e. The minimum atomic E-state index is -0.598. The first-order valence-corrected chi connectivity index (χ1v) is 11.0. The molecule has 28 heavy (non-hydrogen) atoms. The van der Waals surface area contributed by atoms with Crippen molar-refractivity contribution in [3.8, 4) is 11.5 Å². The maximum Gasteiger partial charge on any atom is 0.322 e. The molecule has 0 aromatic heterocycles. The third-order valence-electron chi connectivity index (χ3n) is 8.02. The van der Waals surface area contributed by atoms with Crippen LogP contribution in [-0.2, 0) is 10.2 Å². The van der Waals surface area contributed by atoms with Crippen molar-refractivity contribution in [3.05, 3.63) is 29.3 Å². The molecule has 1 N–H and O–H groups in total. The first-order chi connectivity index (χ1) is 13.1. The number of unbranched alkanes of at least 4 members (excludes halogenated alkanes) is 3. The molecule has 4 rings (SSSR count). The highest BCUT2D eigenvalue weighted by atomic mass is 16.5. The molecule has 1 heterocycles. The summed E-state index contributed by atoms with van der Waals surface area (Å²) in [5, 5.41) is 11.0. The van der Waals surface area contributed by atoms with Gasteiger partial charge in [-0.3, -0.25) is 4.79 Å². The number of hydrogen-bond acceptors (Lipinski definition) is 3. The summed E-state index contributed by atoms with van der Waals surface area (Å²) < 4.78 is 5.92. The maximum atomic E-state index is 13.2. The van der Waals surface area contributed by atoms with Crippen molar-refractivity contribution in [2.45, 2.75) is 85.0 Å². The van der Waals surface area contributed by atoms with Crippen molar-refractivity contribution in [2.24, 2.45) is 16.7 Å². The number of benzene rings is 1. The van der Waals surface area contributed by atoms with Gasteiger partial charge in [-0.05, 0) is 59.3 Å². The predicted octanol–water partition coefficient (Wildman–Crippen LogP) is 6.38. The minimum Gasteiger partial charge on any atom is -0.507 e. The van der Waals surface area contributed by atoms with E-state index in [0.29, 0.717) is 11.7 Å². The fourth-order valence-corrected chi connectivity index (χ4v) is 5.93. The summed E-state index contributed by atoms with van der Waals surface area (Å²) in [7, 11) is 0. The molecule has 1 aliphatic heterocycles. The van der Waals surface area contributed by atoms with E-state index in [4.69, 9.17) is 4.74 Å². The monoisotopic (exact) mass is 382 g/mol. The highest BCUT2D eigenvalue weighted by molar-refractivity contribution is 6.03. The zero-order valence-corrected chi connectivity index (χ0v) is 18.0. The molecular formula is C25H34O3. The van der Waals surface area contributed by atoms with Gasteiger partial charge in [0.25, 0.3) is 0 Å². The SMILES string of the molecule is CCCCCCC(C)(C)c1cc(O)c2c(c1)OC(=O)[C@]13CC[C@H](C=C21)C3(C)C. The number of aromatic hydroxyl groups is 1. The number of hydrogen-bond donors (Lipinski definition) is 1. The maximum absolute atomic E-state index is 13.2. The summed E-state index contributed by atoms with van der Waals surface area (Å²) in [5.41, 5.74) is 1.99. The first-order valence-electron chi connectivity index (χ1n) is 11.0. The van der Waals surface area contributed by atoms with Crippen LogP contribution in [0.25, 0.3) is 5.57 Å². The zero-order valence-electron chi connectivity index (χ0n) is 18.0. The second kappa shape index (κ2) is 6.37. The molecule has 0 unspecified atom stereocenters. The molecule has 1 fully saturated rings. The molecule has 1 spiro atoms. The molecule has 0 amide bonds. The number of phenols is 1. The highest BCUT2D eigenvalue weighted by Gasteiger charge is 2.67. The molecule has 3 heteroatoms. The third-order valence-corrected chi connectivity index (χ3v) is 8.02. The van der Waals surface area contributed by atoms with Crippen LogP contribution in [0.3, 0.4) is 0 Å². The third kappa shape index (κ3) is 2.51. The molecule has 1 aromatic carbocycles. The van der Waals surface area contributed by atoms with Gasteiger partial charge in [-0.1, -0.05) is 66.4 Å². The van der Waals surface area contributed by atoms with E-state index in [-0.39, 0.29) is 22.5 Å². The topological polar surface area (TPSA) is 46.5 Å². The molecule has 0 radical (unpaired) electrons. The second-order valence-corrected chi connectivity index (χ2v) is 10.3. The molecule has 3 aliphatic rings. The van der Waals surface area contributed by atoms with Gasteiger partial charge in [0, 0.05) is 0 Å². The van der Waals surface area contributed by atoms with Crippen molar-refractivity contribution >= 4 is 11.5 Å². The van der Waals surface area contributed by atoms with Gasteiger partial charge in [0.1, 0.15) is 11.5 Å². The lowest BCUT2D eigenvalue weighted by Crippen LogP contribution is -2.45. The van der Waals surface area contributed by atoms with E-state index < -0.39 is 5.41 Å². The summed E-state index contributed by atoms with van der Waals surface area (Å²) in [6.45, 7) is 11.0. The quantitative estimate of drug-likeness (QED) is 0.353. The van der Waals surface area contributed by atoms with Gasteiger partial charge >= 0.3 is 5.97 Å². The molecule has 2 aliphatic carbocycles. The summed E-state index contributed by atoms with van der Waals surface area (Å²) in [5.74, 6) is 1.04. The smallest absolute Gasteiger partial charge is 0.322 e. The van der Waals surface area contributed by atoms with Crippen LogP contribution < -0.4 is 4.74 Å². The van der Waals surface area contributed by atoms with Crippen molar-refractivity contribution in [2.75, 3.05) is 0 Å². The number of allylic oxidation sites excluding steroid dienone is 1. The molecular weight excluding hydrogens is 348 g/mol. The Morgan fingerprint density at radius 3 is 2.64 bits per heavy atom. The molecule has 152 valence electrons. The van der Waals surface area contributed by atoms with E-state index in [9.17, 15) is 9.90 Å². The van der Waals surface area contributed by atoms with Gasteiger partial charge in [-0.2, -0.15) is 0 Å². The molecule has 0 saturated heterocycles. The van der Waals surface area contributed by atoms with Crippen LogP contribution in [0.2, 0.25) is 0 Å². The van der Waals surface area contributed by atoms with Gasteiger partial charge < -0.3 is 9.84 Å². The van der Waals surface area contributed by atoms with Crippen LogP contribution in [0.5, 0.6) is 11.5 Å². The number of carbonyl (C=O) groups is 1. The number of rotatable bonds is 6. The van der Waals surface area contributed by atoms with Gasteiger partial charge in [-0.25, -0.2) is 0 Å². The minimum absolute atomic E-state index is 0.0654. The van der Waals surface area contributed by atoms with E-state index >= 15 is 0 Å². The number of phenolic OH excluding ortho intramolecular Hbond substituents is 1. The van der Waals surface area contributed by atoms with Crippen LogP contribution in [0, 0.1) is 16.7 Å². The van der Waals surface area contributed by atoms with E-state index in [1.54, 1.807) is 0 Å². The number of fused-ring (bicyclic) bond motifs is 3. The van der Waals surface area contributed by atoms with Gasteiger partial charge in [0.2, 0.25) is 0 Å². The van der Waals surface area contributed by atoms with Crippen LogP contribution in [-0.4, -0.2) is 11.1 Å². The molecule has 1 aromatic rings. The van der Waals surface area contributed by atoms with Crippen LogP contribution in [0.1, 0.15) is 90.7 Å². The van der Waals surface area contributed by atoms with Crippen molar-refractivity contribution in [1.29, 1.82) is 0 Å². The Bertz CT molecular complexity index is 846. The fourth-order valence-electron chi connectivity index (χ4n) is 5.93. The molecule has 2 atom stereocenters. The van der Waals surface area contributed by atoms with E-state index in [0.717, 1.165) is 36.0 Å². The van der Waals surface area contributed by atoms with Crippen LogP contribution >= 0.6 is 0 Å². The lowest BCUT2D eigenvalue weighted by Gasteiger charge is -2.42. The average molecular weight is 383 g/mol. The average Bonchev–Trinajstić information content (AvgIpc) is 3.01. The van der Waals surface area contributed by atoms with Gasteiger partial charge in [-0.15, -0.1) is 0 Å². The summed E-state index contributed by atoms with van der Waals surface area (Å²) in [6, 6.07) is 3.91. The number of esters is 1. The molecule has 1 saturated carbocycles. The summed E-state index contributed by atoms with van der Waals surface area (Å²) >= 11 is 0. The Balaban J connectivity index is 1.71. The first kappa shape index (κ1) is 19.5. The van der Waals surface area contributed by atoms with Gasteiger partial charge in [0.05, 0.1) is 11.0 Å². The second-order valence-electron chi connectivity index (χ2n) is 10.3. The van der Waals surface area contributed by atoms with E-state index in [1.165, 1.54) is 25.7 Å². The van der Waals surface area contributed by atoms with Crippen LogP contribution in [0.4, 0.5) is 0 Å². The molecule has 3 nitrogen and oxygen atoms in total. The Kier molecular flexibility index (Phi) is 4.44. The van der Waals surface area contributed by atoms with E-state index in [1.807, 2.05) is 12.1 Å². The Morgan fingerprint density at radius 2 is 1.96 bits per heavy atom. The highest BCUT2D eigenvalue weighted by Crippen LogP contribution is 2.71. The standard InChI is InChI=1S/C25H34O3/c1-6-7-8-9-11-23(2,3)17-14-19(26)21-18-13-16-10-12-25(18,24(16,4)5)22(27)28-20(21)15-17/h13-16,26H,6-12H2,1-5H3/t16-,25+/m1/s1. The lowest BCUT2D eigenvalue weighted by atomic mass is 9.63. The van der Waals surface area contributed by atoms with Crippen molar-refractivity contribution in [1.82, 2.24) is 0 Å². The normalized spacial score (nSPS) is 27.2. The summed E-state index contributed by atoms with van der Waals surface area (Å²) in [6.07, 6.45) is 10.0. The Hall–Kier alpha value is -1.77. The fraction of sp³-hybridized carbons (Fsp3) is 0.640. The predicted molar refractivity (Wildman–Crippen MR) is 112 cm³/mol. The lowest BCUT2D eigenvalue weighted by molar-refractivity contribution is -0.147. The van der Waals surface area contributed by atoms with Crippen molar-refractivity contribution < 1.29 is 14.6 Å². The van der Waals surface area contributed by atoms with Crippen LogP contribution in [0.15, 0.2) is 18.2 Å². The number of ether oxygens (including phenoxy) is 1. The zero-order chi connectivity index (χ0) is 20.3. The Labute approximate surface area is 169 Å².